The average Bonchev–Trinajstić information content (AvgIpc) is 2.80. The first-order chi connectivity index (χ1) is 8.42. The van der Waals surface area contributed by atoms with Crippen LogP contribution in [0.25, 0.3) is 0 Å². The van der Waals surface area contributed by atoms with Gasteiger partial charge in [-0.15, -0.1) is 0 Å². The van der Waals surface area contributed by atoms with Crippen molar-refractivity contribution in [2.24, 2.45) is 5.41 Å². The van der Waals surface area contributed by atoms with E-state index in [1.807, 2.05) is 13.8 Å². The number of nitrogens with zero attached hydrogens (tertiary/aromatic N) is 1. The predicted molar refractivity (Wildman–Crippen MR) is 71.7 cm³/mol. The van der Waals surface area contributed by atoms with E-state index < -0.39 is 11.4 Å². The number of aromatic nitrogens is 1. The highest BCUT2D eigenvalue weighted by molar-refractivity contribution is 5.79. The molecule has 0 aromatic carbocycles. The fourth-order valence-corrected chi connectivity index (χ4v) is 3.22. The Labute approximate surface area is 108 Å². The van der Waals surface area contributed by atoms with Crippen LogP contribution >= 0.6 is 0 Å². The zero-order valence-corrected chi connectivity index (χ0v) is 11.5. The lowest BCUT2D eigenvalue weighted by Crippen LogP contribution is -2.30. The van der Waals surface area contributed by atoms with Crippen molar-refractivity contribution in [1.82, 2.24) is 4.57 Å². The van der Waals surface area contributed by atoms with Crippen molar-refractivity contribution in [2.75, 3.05) is 0 Å². The van der Waals surface area contributed by atoms with Gasteiger partial charge in [0.15, 0.2) is 0 Å². The maximum Gasteiger partial charge on any atom is 0.313 e. The topological polar surface area (TPSA) is 42.2 Å². The van der Waals surface area contributed by atoms with Crippen LogP contribution in [0, 0.1) is 19.3 Å². The molecule has 2 atom stereocenters. The minimum Gasteiger partial charge on any atom is -0.481 e. The number of hydrogen-bond acceptors (Lipinski definition) is 1. The van der Waals surface area contributed by atoms with E-state index in [9.17, 15) is 9.90 Å². The van der Waals surface area contributed by atoms with Gasteiger partial charge in [-0.2, -0.15) is 0 Å². The number of rotatable bonds is 3. The second-order valence-corrected chi connectivity index (χ2v) is 5.35. The zero-order valence-electron chi connectivity index (χ0n) is 11.5. The van der Waals surface area contributed by atoms with Crippen LogP contribution in [-0.2, 0) is 4.79 Å². The van der Waals surface area contributed by atoms with E-state index in [4.69, 9.17) is 0 Å². The number of aliphatic carboxylic acids is 1. The summed E-state index contributed by atoms with van der Waals surface area (Å²) in [5, 5.41) is 9.54. The summed E-state index contributed by atoms with van der Waals surface area (Å²) in [6, 6.07) is 4.35. The Morgan fingerprint density at radius 1 is 1.39 bits per heavy atom. The Balaban J connectivity index is 2.41. The predicted octanol–water partition coefficient (Wildman–Crippen LogP) is 3.48. The number of aryl methyl sites for hydroxylation is 2. The van der Waals surface area contributed by atoms with Crippen LogP contribution in [0.3, 0.4) is 0 Å². The number of carboxylic acid groups (broad SMARTS) is 1. The van der Waals surface area contributed by atoms with Gasteiger partial charge in [0.1, 0.15) is 0 Å². The first kappa shape index (κ1) is 12.9. The van der Waals surface area contributed by atoms with Gasteiger partial charge in [-0.1, -0.05) is 18.6 Å². The van der Waals surface area contributed by atoms with Crippen LogP contribution in [0.5, 0.6) is 0 Å². The van der Waals surface area contributed by atoms with Crippen molar-refractivity contribution >= 4 is 5.97 Å². The molecule has 0 amide bonds. The van der Waals surface area contributed by atoms with Crippen LogP contribution in [0.2, 0.25) is 0 Å². The first-order valence-electron chi connectivity index (χ1n) is 6.49. The van der Waals surface area contributed by atoms with Crippen LogP contribution in [-0.4, -0.2) is 15.6 Å². The third kappa shape index (κ3) is 1.69. The molecule has 0 unspecified atom stereocenters. The molecule has 3 heteroatoms. The Morgan fingerprint density at radius 3 is 2.33 bits per heavy atom. The van der Waals surface area contributed by atoms with Gasteiger partial charge >= 0.3 is 5.97 Å². The molecule has 0 saturated carbocycles. The highest BCUT2D eigenvalue weighted by atomic mass is 16.4. The fraction of sp³-hybridized carbons (Fsp3) is 0.533. The third-order valence-corrected chi connectivity index (χ3v) is 4.43. The molecule has 1 aromatic heterocycles. The summed E-state index contributed by atoms with van der Waals surface area (Å²) in [6.07, 6.45) is 3.44. The Hall–Kier alpha value is -1.51. The molecule has 1 N–H and O–H groups in total. The molecule has 0 fully saturated rings. The number of hydrogen-bond donors (Lipinski definition) is 1. The minimum atomic E-state index is -0.691. The summed E-state index contributed by atoms with van der Waals surface area (Å²) in [7, 11) is 0. The molecule has 0 aliphatic heterocycles. The molecule has 1 heterocycles. The SMILES string of the molecule is CC[C@@]1(C(=O)O)C[C@H](n2c(C)ccc2C)C=C1C. The maximum absolute atomic E-state index is 11.6. The standard InChI is InChI=1S/C15H21NO2/c1-5-15(14(17)18)9-13(8-10(15)2)16-11(3)6-7-12(16)4/h6-8,13H,5,9H2,1-4H3,(H,17,18)/t13-,15-/m1/s1. The highest BCUT2D eigenvalue weighted by Crippen LogP contribution is 2.47. The summed E-state index contributed by atoms with van der Waals surface area (Å²) in [4.78, 5) is 11.6. The zero-order chi connectivity index (χ0) is 13.5. The van der Waals surface area contributed by atoms with Crippen molar-refractivity contribution < 1.29 is 9.90 Å². The molecular weight excluding hydrogens is 226 g/mol. The molecule has 1 aromatic rings. The van der Waals surface area contributed by atoms with E-state index in [2.05, 4.69) is 36.6 Å². The molecule has 0 radical (unpaired) electrons. The molecule has 0 saturated heterocycles. The Bertz CT molecular complexity index is 493. The molecule has 3 nitrogen and oxygen atoms in total. The van der Waals surface area contributed by atoms with Gasteiger partial charge in [-0.05, 0) is 45.7 Å². The number of carboxylic acids is 1. The average molecular weight is 247 g/mol. The smallest absolute Gasteiger partial charge is 0.313 e. The first-order valence-corrected chi connectivity index (χ1v) is 6.49. The van der Waals surface area contributed by atoms with Crippen LogP contribution in [0.4, 0.5) is 0 Å². The summed E-state index contributed by atoms with van der Waals surface area (Å²) in [5.41, 5.74) is 2.71. The number of carbonyl (C=O) groups is 1. The van der Waals surface area contributed by atoms with Crippen LogP contribution in [0.1, 0.15) is 44.1 Å². The van der Waals surface area contributed by atoms with Crippen molar-refractivity contribution in [2.45, 2.75) is 46.6 Å². The fourth-order valence-electron chi connectivity index (χ4n) is 3.22. The minimum absolute atomic E-state index is 0.177. The van der Waals surface area contributed by atoms with Gasteiger partial charge in [-0.25, -0.2) is 0 Å². The van der Waals surface area contributed by atoms with E-state index in [1.54, 1.807) is 0 Å². The van der Waals surface area contributed by atoms with Gasteiger partial charge in [0.25, 0.3) is 0 Å². The van der Waals surface area contributed by atoms with Crippen molar-refractivity contribution in [3.63, 3.8) is 0 Å². The van der Waals surface area contributed by atoms with Gasteiger partial charge in [0, 0.05) is 11.4 Å². The molecule has 1 aliphatic rings. The Kier molecular flexibility index (Phi) is 3.09. The highest BCUT2D eigenvalue weighted by Gasteiger charge is 2.45. The van der Waals surface area contributed by atoms with Crippen molar-refractivity contribution in [1.29, 1.82) is 0 Å². The quantitative estimate of drug-likeness (QED) is 0.831. The number of allylic oxidation sites excluding steroid dienone is 1. The monoisotopic (exact) mass is 247 g/mol. The van der Waals surface area contributed by atoms with E-state index in [1.165, 1.54) is 11.4 Å². The summed E-state index contributed by atoms with van der Waals surface area (Å²) >= 11 is 0. The van der Waals surface area contributed by atoms with Crippen molar-refractivity contribution in [3.05, 3.63) is 35.2 Å². The normalized spacial score (nSPS) is 27.3. The second-order valence-electron chi connectivity index (χ2n) is 5.35. The van der Waals surface area contributed by atoms with Crippen molar-refractivity contribution in [3.8, 4) is 0 Å². The second kappa shape index (κ2) is 4.30. The van der Waals surface area contributed by atoms with Gasteiger partial charge < -0.3 is 9.67 Å². The van der Waals surface area contributed by atoms with E-state index in [-0.39, 0.29) is 6.04 Å². The van der Waals surface area contributed by atoms with Crippen LogP contribution < -0.4 is 0 Å². The Morgan fingerprint density at radius 2 is 1.94 bits per heavy atom. The van der Waals surface area contributed by atoms with Gasteiger partial charge in [-0.3, -0.25) is 4.79 Å². The lowest BCUT2D eigenvalue weighted by atomic mass is 9.79. The van der Waals surface area contributed by atoms with E-state index in [0.717, 1.165) is 5.57 Å². The van der Waals surface area contributed by atoms with Crippen LogP contribution in [0.15, 0.2) is 23.8 Å². The molecule has 18 heavy (non-hydrogen) atoms. The molecule has 0 bridgehead atoms. The third-order valence-electron chi connectivity index (χ3n) is 4.43. The van der Waals surface area contributed by atoms with Gasteiger partial charge in [0.05, 0.1) is 11.5 Å². The van der Waals surface area contributed by atoms with Gasteiger partial charge in [0.2, 0.25) is 0 Å². The summed E-state index contributed by atoms with van der Waals surface area (Å²) in [6.45, 7) is 8.06. The molecule has 2 rings (SSSR count). The molecule has 98 valence electrons. The largest absolute Gasteiger partial charge is 0.481 e. The summed E-state index contributed by atoms with van der Waals surface area (Å²) < 4.78 is 2.24. The summed E-state index contributed by atoms with van der Waals surface area (Å²) in [5.74, 6) is -0.691. The lowest BCUT2D eigenvalue weighted by molar-refractivity contribution is -0.147. The lowest BCUT2D eigenvalue weighted by Gasteiger charge is -2.26. The van der Waals surface area contributed by atoms with E-state index in [0.29, 0.717) is 12.8 Å². The molecular formula is C15H21NO2. The maximum atomic E-state index is 11.6. The molecule has 1 aliphatic carbocycles. The molecule has 0 spiro atoms. The van der Waals surface area contributed by atoms with E-state index >= 15 is 0 Å².